The summed E-state index contributed by atoms with van der Waals surface area (Å²) in [6.07, 6.45) is 4.68. The van der Waals surface area contributed by atoms with Crippen molar-refractivity contribution >= 4 is 11.8 Å². The van der Waals surface area contributed by atoms with Crippen molar-refractivity contribution in [3.8, 4) is 0 Å². The molecule has 1 rings (SSSR count). The Balaban J connectivity index is 2.57. The van der Waals surface area contributed by atoms with E-state index in [0.29, 0.717) is 0 Å². The van der Waals surface area contributed by atoms with Crippen molar-refractivity contribution in [2.45, 2.75) is 59.8 Å². The first-order valence-electron chi connectivity index (χ1n) is 8.68. The van der Waals surface area contributed by atoms with E-state index in [1.54, 1.807) is 0 Å². The molecule has 0 N–H and O–H groups in total. The SMILES string of the molecule is CCCN(CCC)C(=O)C1CC1C(=O)N(CCC)CCC. The van der Waals surface area contributed by atoms with Gasteiger partial charge in [-0.15, -0.1) is 0 Å². The number of rotatable bonds is 10. The lowest BCUT2D eigenvalue weighted by Gasteiger charge is -2.23. The Morgan fingerprint density at radius 3 is 1.24 bits per heavy atom. The fraction of sp³-hybridized carbons (Fsp3) is 0.882. The van der Waals surface area contributed by atoms with Gasteiger partial charge in [-0.2, -0.15) is 0 Å². The van der Waals surface area contributed by atoms with Crippen LogP contribution in [0.2, 0.25) is 0 Å². The zero-order valence-electron chi connectivity index (χ0n) is 14.2. The van der Waals surface area contributed by atoms with Gasteiger partial charge in [-0.1, -0.05) is 27.7 Å². The number of nitrogens with zero attached hydrogens (tertiary/aromatic N) is 2. The van der Waals surface area contributed by atoms with Crippen molar-refractivity contribution in [1.82, 2.24) is 9.80 Å². The Labute approximate surface area is 129 Å². The smallest absolute Gasteiger partial charge is 0.226 e. The van der Waals surface area contributed by atoms with Crippen molar-refractivity contribution in [2.75, 3.05) is 26.2 Å². The minimum atomic E-state index is -0.0492. The van der Waals surface area contributed by atoms with Crippen LogP contribution >= 0.6 is 0 Å². The molecule has 2 amide bonds. The first-order chi connectivity index (χ1) is 10.1. The van der Waals surface area contributed by atoms with E-state index in [0.717, 1.165) is 58.3 Å². The molecule has 0 radical (unpaired) electrons. The van der Waals surface area contributed by atoms with Crippen LogP contribution in [0.5, 0.6) is 0 Å². The van der Waals surface area contributed by atoms with Crippen LogP contribution in [0.25, 0.3) is 0 Å². The molecule has 2 atom stereocenters. The molecule has 0 saturated heterocycles. The zero-order chi connectivity index (χ0) is 15.8. The van der Waals surface area contributed by atoms with Crippen LogP contribution in [0, 0.1) is 11.8 Å². The van der Waals surface area contributed by atoms with Crippen LogP contribution in [0.15, 0.2) is 0 Å². The van der Waals surface area contributed by atoms with E-state index < -0.39 is 0 Å². The van der Waals surface area contributed by atoms with E-state index in [4.69, 9.17) is 0 Å². The lowest BCUT2D eigenvalue weighted by atomic mass is 10.2. The molecule has 1 saturated carbocycles. The van der Waals surface area contributed by atoms with Crippen molar-refractivity contribution in [3.63, 3.8) is 0 Å². The van der Waals surface area contributed by atoms with Gasteiger partial charge in [0.15, 0.2) is 0 Å². The fourth-order valence-electron chi connectivity index (χ4n) is 2.95. The molecule has 4 nitrogen and oxygen atoms in total. The molecule has 0 spiro atoms. The van der Waals surface area contributed by atoms with Gasteiger partial charge in [0.05, 0.1) is 11.8 Å². The van der Waals surface area contributed by atoms with Crippen molar-refractivity contribution < 1.29 is 9.59 Å². The maximum absolute atomic E-state index is 12.5. The minimum Gasteiger partial charge on any atom is -0.342 e. The van der Waals surface area contributed by atoms with Gasteiger partial charge in [0.2, 0.25) is 11.8 Å². The standard InChI is InChI=1S/C17H32N2O2/c1-5-9-18(10-6-2)16(20)14-13-15(14)17(21)19(11-7-3)12-8-4/h14-15H,5-13H2,1-4H3. The van der Waals surface area contributed by atoms with Crippen molar-refractivity contribution in [3.05, 3.63) is 0 Å². The molecule has 1 aliphatic carbocycles. The molecule has 0 aliphatic heterocycles. The summed E-state index contributed by atoms with van der Waals surface area (Å²) in [6.45, 7) is 11.6. The van der Waals surface area contributed by atoms with E-state index in [1.165, 1.54) is 0 Å². The number of carbonyl (C=O) groups excluding carboxylic acids is 2. The Bertz CT molecular complexity index is 300. The normalized spacial score (nSPS) is 20.2. The summed E-state index contributed by atoms with van der Waals surface area (Å²) >= 11 is 0. The Morgan fingerprint density at radius 1 is 0.714 bits per heavy atom. The van der Waals surface area contributed by atoms with Crippen LogP contribution in [-0.2, 0) is 9.59 Å². The monoisotopic (exact) mass is 296 g/mol. The van der Waals surface area contributed by atoms with Crippen LogP contribution in [-0.4, -0.2) is 47.8 Å². The number of amides is 2. The maximum atomic E-state index is 12.5. The zero-order valence-corrected chi connectivity index (χ0v) is 14.2. The number of hydrogen-bond acceptors (Lipinski definition) is 2. The number of carbonyl (C=O) groups is 2. The average molecular weight is 296 g/mol. The fourth-order valence-corrected chi connectivity index (χ4v) is 2.95. The van der Waals surface area contributed by atoms with Gasteiger partial charge in [0.1, 0.15) is 0 Å². The summed E-state index contributed by atoms with van der Waals surface area (Å²) in [4.78, 5) is 28.9. The molecule has 122 valence electrons. The largest absolute Gasteiger partial charge is 0.342 e. The van der Waals surface area contributed by atoms with Gasteiger partial charge in [0.25, 0.3) is 0 Å². The quantitative estimate of drug-likeness (QED) is 0.622. The van der Waals surface area contributed by atoms with Gasteiger partial charge < -0.3 is 9.80 Å². The first-order valence-corrected chi connectivity index (χ1v) is 8.68. The molecule has 1 aliphatic rings. The summed E-state index contributed by atoms with van der Waals surface area (Å²) in [5.41, 5.74) is 0. The summed E-state index contributed by atoms with van der Waals surface area (Å²) in [6, 6.07) is 0. The van der Waals surface area contributed by atoms with Gasteiger partial charge in [0, 0.05) is 26.2 Å². The van der Waals surface area contributed by atoms with Gasteiger partial charge in [-0.3, -0.25) is 9.59 Å². The second kappa shape index (κ2) is 9.06. The van der Waals surface area contributed by atoms with Crippen molar-refractivity contribution in [2.24, 2.45) is 11.8 Å². The predicted octanol–water partition coefficient (Wildman–Crippen LogP) is 2.92. The highest BCUT2D eigenvalue weighted by Crippen LogP contribution is 2.41. The molecule has 0 bridgehead atoms. The molecular formula is C17H32N2O2. The molecule has 1 fully saturated rings. The minimum absolute atomic E-state index is 0.0492. The second-order valence-corrected chi connectivity index (χ2v) is 6.10. The molecule has 4 heteroatoms. The highest BCUT2D eigenvalue weighted by molar-refractivity contribution is 5.92. The van der Waals surface area contributed by atoms with E-state index in [9.17, 15) is 9.59 Å². The highest BCUT2D eigenvalue weighted by atomic mass is 16.2. The third kappa shape index (κ3) is 5.01. The van der Waals surface area contributed by atoms with Crippen LogP contribution in [0.1, 0.15) is 59.8 Å². The van der Waals surface area contributed by atoms with E-state index in [2.05, 4.69) is 27.7 Å². The molecule has 0 aromatic carbocycles. The van der Waals surface area contributed by atoms with Crippen LogP contribution in [0.4, 0.5) is 0 Å². The average Bonchev–Trinajstić information content (AvgIpc) is 3.26. The third-order valence-corrected chi connectivity index (χ3v) is 4.02. The van der Waals surface area contributed by atoms with Crippen LogP contribution < -0.4 is 0 Å². The van der Waals surface area contributed by atoms with E-state index in [1.807, 2.05) is 9.80 Å². The summed E-state index contributed by atoms with van der Waals surface area (Å²) in [5.74, 6) is 0.300. The van der Waals surface area contributed by atoms with Gasteiger partial charge >= 0.3 is 0 Å². The molecule has 21 heavy (non-hydrogen) atoms. The van der Waals surface area contributed by atoms with Crippen LogP contribution in [0.3, 0.4) is 0 Å². The molecule has 0 aromatic rings. The summed E-state index contributed by atoms with van der Waals surface area (Å²) < 4.78 is 0. The lowest BCUT2D eigenvalue weighted by molar-refractivity contribution is -0.138. The first kappa shape index (κ1) is 18.0. The summed E-state index contributed by atoms with van der Waals surface area (Å²) in [5, 5.41) is 0. The van der Waals surface area contributed by atoms with Gasteiger partial charge in [-0.05, 0) is 32.1 Å². The number of hydrogen-bond donors (Lipinski definition) is 0. The Morgan fingerprint density at radius 2 is 1.00 bits per heavy atom. The maximum Gasteiger partial charge on any atom is 0.226 e. The molecule has 0 aromatic heterocycles. The molecular weight excluding hydrogens is 264 g/mol. The lowest BCUT2D eigenvalue weighted by Crippen LogP contribution is -2.37. The topological polar surface area (TPSA) is 40.6 Å². The highest BCUT2D eigenvalue weighted by Gasteiger charge is 2.50. The summed E-state index contributed by atoms with van der Waals surface area (Å²) in [7, 11) is 0. The van der Waals surface area contributed by atoms with E-state index in [-0.39, 0.29) is 23.7 Å². The third-order valence-electron chi connectivity index (χ3n) is 4.02. The van der Waals surface area contributed by atoms with Gasteiger partial charge in [-0.25, -0.2) is 0 Å². The second-order valence-electron chi connectivity index (χ2n) is 6.10. The predicted molar refractivity (Wildman–Crippen MR) is 85.9 cm³/mol. The Hall–Kier alpha value is -1.06. The Kier molecular flexibility index (Phi) is 7.76. The molecule has 0 heterocycles. The molecule has 2 unspecified atom stereocenters. The van der Waals surface area contributed by atoms with E-state index >= 15 is 0 Å². The van der Waals surface area contributed by atoms with Crippen molar-refractivity contribution in [1.29, 1.82) is 0 Å².